The summed E-state index contributed by atoms with van der Waals surface area (Å²) in [7, 11) is 1.37. The molecule has 0 aliphatic carbocycles. The monoisotopic (exact) mass is 293 g/mol. The smallest absolute Gasteiger partial charge is 0.411 e. The summed E-state index contributed by atoms with van der Waals surface area (Å²) < 4.78 is 49.4. The second-order valence-electron chi connectivity index (χ2n) is 3.76. The number of hydrogen-bond acceptors (Lipinski definition) is 5. The molecule has 0 aliphatic heterocycles. The summed E-state index contributed by atoms with van der Waals surface area (Å²) in [5.74, 6) is -0.481. The molecule has 112 valence electrons. The zero-order valence-electron chi connectivity index (χ0n) is 10.7. The van der Waals surface area contributed by atoms with Crippen LogP contribution in [0.15, 0.2) is 18.2 Å². The van der Waals surface area contributed by atoms with Gasteiger partial charge >= 0.3 is 12.1 Å². The number of hydrogen-bond donors (Lipinski definition) is 1. The Morgan fingerprint density at radius 1 is 1.30 bits per heavy atom. The predicted octanol–water partition coefficient (Wildman–Crippen LogP) is 2.01. The van der Waals surface area contributed by atoms with Crippen molar-refractivity contribution in [3.63, 3.8) is 0 Å². The van der Waals surface area contributed by atoms with Gasteiger partial charge in [0.15, 0.2) is 0 Å². The third-order valence-corrected chi connectivity index (χ3v) is 2.17. The minimum atomic E-state index is -4.40. The van der Waals surface area contributed by atoms with Crippen molar-refractivity contribution in [2.24, 2.45) is 0 Å². The predicted molar refractivity (Wildman–Crippen MR) is 64.6 cm³/mol. The number of ether oxygens (including phenoxy) is 3. The van der Waals surface area contributed by atoms with E-state index in [0.717, 1.165) is 0 Å². The lowest BCUT2D eigenvalue weighted by molar-refractivity contribution is -0.175. The molecule has 2 N–H and O–H groups in total. The van der Waals surface area contributed by atoms with Crippen molar-refractivity contribution >= 4 is 11.7 Å². The third-order valence-electron chi connectivity index (χ3n) is 2.17. The van der Waals surface area contributed by atoms with Gasteiger partial charge in [-0.05, 0) is 18.2 Å². The van der Waals surface area contributed by atoms with E-state index >= 15 is 0 Å². The molecule has 0 saturated carbocycles. The van der Waals surface area contributed by atoms with Gasteiger partial charge in [-0.25, -0.2) is 4.79 Å². The Bertz CT molecular complexity index is 463. The van der Waals surface area contributed by atoms with E-state index in [1.807, 2.05) is 0 Å². The third kappa shape index (κ3) is 5.35. The van der Waals surface area contributed by atoms with Crippen LogP contribution in [0.3, 0.4) is 0 Å². The van der Waals surface area contributed by atoms with Crippen molar-refractivity contribution in [2.75, 3.05) is 32.7 Å². The Hall–Kier alpha value is -1.96. The summed E-state index contributed by atoms with van der Waals surface area (Å²) in [6.07, 6.45) is -4.40. The van der Waals surface area contributed by atoms with Crippen LogP contribution in [0, 0.1) is 0 Å². The minimum Gasteiger partial charge on any atom is -0.496 e. The van der Waals surface area contributed by atoms with Crippen molar-refractivity contribution in [2.45, 2.75) is 6.18 Å². The Morgan fingerprint density at radius 3 is 2.60 bits per heavy atom. The van der Waals surface area contributed by atoms with Crippen LogP contribution in [-0.4, -0.2) is 39.1 Å². The van der Waals surface area contributed by atoms with Crippen LogP contribution in [0.4, 0.5) is 18.9 Å². The highest BCUT2D eigenvalue weighted by molar-refractivity contribution is 5.93. The maximum absolute atomic E-state index is 11.8. The average molecular weight is 293 g/mol. The van der Waals surface area contributed by atoms with Gasteiger partial charge in [0.25, 0.3) is 0 Å². The van der Waals surface area contributed by atoms with Crippen molar-refractivity contribution < 1.29 is 32.2 Å². The van der Waals surface area contributed by atoms with E-state index in [1.165, 1.54) is 19.2 Å². The van der Waals surface area contributed by atoms with E-state index in [-0.39, 0.29) is 24.5 Å². The molecule has 1 aromatic carbocycles. The van der Waals surface area contributed by atoms with E-state index in [0.29, 0.717) is 5.69 Å². The highest BCUT2D eigenvalue weighted by Crippen LogP contribution is 2.21. The van der Waals surface area contributed by atoms with E-state index in [2.05, 4.69) is 4.74 Å². The van der Waals surface area contributed by atoms with Crippen LogP contribution >= 0.6 is 0 Å². The Labute approximate surface area is 113 Å². The fourth-order valence-electron chi connectivity index (χ4n) is 1.34. The van der Waals surface area contributed by atoms with Crippen molar-refractivity contribution in [1.29, 1.82) is 0 Å². The second-order valence-corrected chi connectivity index (χ2v) is 3.76. The molecule has 0 heterocycles. The summed E-state index contributed by atoms with van der Waals surface area (Å²) >= 11 is 0. The number of anilines is 1. The van der Waals surface area contributed by atoms with Gasteiger partial charge in [-0.2, -0.15) is 13.2 Å². The lowest BCUT2D eigenvalue weighted by atomic mass is 10.2. The highest BCUT2D eigenvalue weighted by Gasteiger charge is 2.27. The van der Waals surface area contributed by atoms with E-state index in [9.17, 15) is 18.0 Å². The fraction of sp³-hybridized carbons (Fsp3) is 0.417. The average Bonchev–Trinajstić information content (AvgIpc) is 2.36. The first-order valence-electron chi connectivity index (χ1n) is 5.58. The van der Waals surface area contributed by atoms with E-state index < -0.39 is 18.8 Å². The first kappa shape index (κ1) is 16.1. The molecule has 0 saturated heterocycles. The van der Waals surface area contributed by atoms with Crippen LogP contribution < -0.4 is 10.5 Å². The van der Waals surface area contributed by atoms with Crippen molar-refractivity contribution in [3.05, 3.63) is 23.8 Å². The maximum Gasteiger partial charge on any atom is 0.411 e. The minimum absolute atomic E-state index is 0.100. The number of carbonyl (C=O) groups excluding carboxylic acids is 1. The number of nitrogens with two attached hydrogens (primary N) is 1. The zero-order valence-corrected chi connectivity index (χ0v) is 10.7. The number of halogens is 3. The molecule has 0 amide bonds. The fourth-order valence-corrected chi connectivity index (χ4v) is 1.34. The van der Waals surface area contributed by atoms with Gasteiger partial charge in [-0.15, -0.1) is 0 Å². The molecule has 1 aromatic rings. The lowest BCUT2D eigenvalue weighted by Crippen LogP contribution is -2.20. The molecule has 0 bridgehead atoms. The molecule has 0 unspecified atom stereocenters. The first-order chi connectivity index (χ1) is 9.33. The number of alkyl halides is 3. The highest BCUT2D eigenvalue weighted by atomic mass is 19.4. The lowest BCUT2D eigenvalue weighted by Gasteiger charge is -2.10. The summed E-state index contributed by atoms with van der Waals surface area (Å²) in [4.78, 5) is 11.7. The summed E-state index contributed by atoms with van der Waals surface area (Å²) in [5.41, 5.74) is 5.97. The van der Waals surface area contributed by atoms with Crippen LogP contribution in [0.2, 0.25) is 0 Å². The standard InChI is InChI=1S/C12H14F3NO4/c1-18-10-3-2-8(16)6-9(10)11(17)20-5-4-19-7-12(13,14)15/h2-3,6H,4-5,7,16H2,1H3. The SMILES string of the molecule is COc1ccc(N)cc1C(=O)OCCOCC(F)(F)F. The van der Waals surface area contributed by atoms with Crippen molar-refractivity contribution in [1.82, 2.24) is 0 Å². The Balaban J connectivity index is 2.45. The van der Waals surface area contributed by atoms with Gasteiger partial charge in [0, 0.05) is 5.69 Å². The number of nitrogen functional groups attached to an aromatic ring is 1. The van der Waals surface area contributed by atoms with Crippen LogP contribution in [0.1, 0.15) is 10.4 Å². The topological polar surface area (TPSA) is 70.8 Å². The maximum atomic E-state index is 11.8. The van der Waals surface area contributed by atoms with Crippen LogP contribution in [-0.2, 0) is 9.47 Å². The molecule has 0 aliphatic rings. The molecule has 0 spiro atoms. The number of benzene rings is 1. The second kappa shape index (κ2) is 6.99. The largest absolute Gasteiger partial charge is 0.496 e. The summed E-state index contributed by atoms with van der Waals surface area (Å²) in [6.45, 7) is -2.03. The Morgan fingerprint density at radius 2 is 2.00 bits per heavy atom. The number of rotatable bonds is 6. The molecule has 20 heavy (non-hydrogen) atoms. The van der Waals surface area contributed by atoms with Gasteiger partial charge in [-0.1, -0.05) is 0 Å². The number of methoxy groups -OCH3 is 1. The first-order valence-corrected chi connectivity index (χ1v) is 5.58. The molecule has 5 nitrogen and oxygen atoms in total. The van der Waals surface area contributed by atoms with Crippen molar-refractivity contribution in [3.8, 4) is 5.75 Å². The molecular formula is C12H14F3NO4. The van der Waals surface area contributed by atoms with E-state index in [4.69, 9.17) is 15.2 Å². The summed E-state index contributed by atoms with van der Waals surface area (Å²) in [5, 5.41) is 0. The quantitative estimate of drug-likeness (QED) is 0.493. The normalized spacial score (nSPS) is 11.2. The molecule has 1 rings (SSSR count). The number of esters is 1. The van der Waals surface area contributed by atoms with Crippen LogP contribution in [0.25, 0.3) is 0 Å². The molecule has 0 fully saturated rings. The molecule has 0 aromatic heterocycles. The zero-order chi connectivity index (χ0) is 15.2. The Kier molecular flexibility index (Phi) is 5.63. The molecule has 0 radical (unpaired) electrons. The summed E-state index contributed by atoms with van der Waals surface area (Å²) in [6, 6.07) is 4.39. The van der Waals surface area contributed by atoms with Crippen LogP contribution in [0.5, 0.6) is 5.75 Å². The van der Waals surface area contributed by atoms with Gasteiger partial charge in [0.05, 0.1) is 13.7 Å². The van der Waals surface area contributed by atoms with Gasteiger partial charge in [-0.3, -0.25) is 0 Å². The van der Waals surface area contributed by atoms with Gasteiger partial charge < -0.3 is 19.9 Å². The molecule has 0 atom stereocenters. The van der Waals surface area contributed by atoms with E-state index in [1.54, 1.807) is 6.07 Å². The molecular weight excluding hydrogens is 279 g/mol. The van der Waals surface area contributed by atoms with Gasteiger partial charge in [0.2, 0.25) is 0 Å². The van der Waals surface area contributed by atoms with Gasteiger partial charge in [0.1, 0.15) is 24.5 Å². The number of carbonyl (C=O) groups is 1. The molecule has 8 heteroatoms.